The lowest BCUT2D eigenvalue weighted by Crippen LogP contribution is -2.55. The van der Waals surface area contributed by atoms with Crippen molar-refractivity contribution in [2.75, 3.05) is 32.8 Å². The van der Waals surface area contributed by atoms with E-state index in [9.17, 15) is 19.5 Å². The van der Waals surface area contributed by atoms with E-state index in [0.717, 1.165) is 42.2 Å². The number of carbonyl (C=O) groups is 3. The van der Waals surface area contributed by atoms with Gasteiger partial charge in [0.25, 0.3) is 0 Å². The van der Waals surface area contributed by atoms with Crippen molar-refractivity contribution in [2.24, 2.45) is 5.41 Å². The summed E-state index contributed by atoms with van der Waals surface area (Å²) in [7, 11) is 0. The quantitative estimate of drug-likeness (QED) is 0.339. The first-order valence-corrected chi connectivity index (χ1v) is 14.5. The lowest BCUT2D eigenvalue weighted by atomic mass is 9.94. The van der Waals surface area contributed by atoms with Gasteiger partial charge >= 0.3 is 0 Å². The van der Waals surface area contributed by atoms with Gasteiger partial charge in [-0.25, -0.2) is 0 Å². The van der Waals surface area contributed by atoms with Gasteiger partial charge in [-0.3, -0.25) is 14.4 Å². The summed E-state index contributed by atoms with van der Waals surface area (Å²) in [5.41, 5.74) is 0.311. The maximum absolute atomic E-state index is 13.5. The average Bonchev–Trinajstić information content (AvgIpc) is 3.63. The third kappa shape index (κ3) is 8.02. The van der Waals surface area contributed by atoms with Crippen LogP contribution in [0.3, 0.4) is 0 Å². The second-order valence-corrected chi connectivity index (χ2v) is 12.0. The van der Waals surface area contributed by atoms with Gasteiger partial charge < -0.3 is 30.7 Å². The van der Waals surface area contributed by atoms with E-state index in [2.05, 4.69) is 16.0 Å². The van der Waals surface area contributed by atoms with Crippen LogP contribution in [0.25, 0.3) is 10.8 Å². The highest BCUT2D eigenvalue weighted by atomic mass is 16.5. The number of ether oxygens (including phenoxy) is 1. The molecule has 4 N–H and O–H groups in total. The molecule has 0 aromatic heterocycles. The largest absolute Gasteiger partial charge is 0.390 e. The zero-order chi connectivity index (χ0) is 28.7. The molecular weight excluding hydrogens is 508 g/mol. The van der Waals surface area contributed by atoms with E-state index in [-0.39, 0.29) is 36.8 Å². The summed E-state index contributed by atoms with van der Waals surface area (Å²) in [5, 5.41) is 21.5. The number of fused-ring (bicyclic) bond motifs is 1. The predicted molar refractivity (Wildman–Crippen MR) is 155 cm³/mol. The Kier molecular flexibility index (Phi) is 10.2. The SMILES string of the molecule is CC(C)(C)C(=O)N1CCCC1C(=O)N[C@H](Cc1ccc2ccccc2c1)C(=O)NCC(O)CNCC1CCCO1. The minimum Gasteiger partial charge on any atom is -0.390 e. The highest BCUT2D eigenvalue weighted by Crippen LogP contribution is 2.26. The van der Waals surface area contributed by atoms with Crippen molar-refractivity contribution in [3.8, 4) is 0 Å². The number of likely N-dealkylation sites (tertiary alicyclic amines) is 1. The third-order valence-electron chi connectivity index (χ3n) is 7.63. The monoisotopic (exact) mass is 552 g/mol. The molecule has 0 saturated carbocycles. The average molecular weight is 553 g/mol. The van der Waals surface area contributed by atoms with Crippen molar-refractivity contribution in [2.45, 2.75) is 77.2 Å². The Bertz CT molecular complexity index is 1170. The van der Waals surface area contributed by atoms with Crippen molar-refractivity contribution in [1.29, 1.82) is 0 Å². The van der Waals surface area contributed by atoms with Crippen LogP contribution in [0.1, 0.15) is 52.0 Å². The molecule has 3 amide bonds. The molecule has 9 nitrogen and oxygen atoms in total. The van der Waals surface area contributed by atoms with Gasteiger partial charge in [0.2, 0.25) is 17.7 Å². The zero-order valence-corrected chi connectivity index (χ0v) is 23.9. The molecule has 40 heavy (non-hydrogen) atoms. The molecule has 0 bridgehead atoms. The van der Waals surface area contributed by atoms with Gasteiger partial charge in [-0.1, -0.05) is 63.2 Å². The molecule has 2 aromatic carbocycles. The molecular formula is C31H44N4O5. The van der Waals surface area contributed by atoms with E-state index in [1.54, 1.807) is 4.90 Å². The van der Waals surface area contributed by atoms with Crippen LogP contribution in [0.15, 0.2) is 42.5 Å². The van der Waals surface area contributed by atoms with Crippen LogP contribution in [0.5, 0.6) is 0 Å². The fourth-order valence-corrected chi connectivity index (χ4v) is 5.42. The van der Waals surface area contributed by atoms with Gasteiger partial charge in [0.15, 0.2) is 0 Å². The molecule has 4 rings (SSSR count). The number of benzene rings is 2. The Labute approximate surface area is 237 Å². The number of aliphatic hydroxyl groups is 1. The molecule has 0 spiro atoms. The second kappa shape index (κ2) is 13.6. The van der Waals surface area contributed by atoms with Gasteiger partial charge in [0, 0.05) is 44.6 Å². The summed E-state index contributed by atoms with van der Waals surface area (Å²) in [6.45, 7) is 7.89. The molecule has 2 aromatic rings. The first-order chi connectivity index (χ1) is 19.1. The topological polar surface area (TPSA) is 120 Å². The zero-order valence-electron chi connectivity index (χ0n) is 23.9. The number of rotatable bonds is 11. The first-order valence-electron chi connectivity index (χ1n) is 14.5. The number of hydrogen-bond acceptors (Lipinski definition) is 6. The minimum absolute atomic E-state index is 0.0551. The number of nitrogens with one attached hydrogen (secondary N) is 3. The Balaban J connectivity index is 1.41. The fraction of sp³-hybridized carbons (Fsp3) is 0.581. The molecule has 2 aliphatic heterocycles. The number of hydrogen-bond donors (Lipinski definition) is 4. The molecule has 2 heterocycles. The standard InChI is InChI=1S/C31H44N4O5/c1-31(2,3)30(39)35-14-6-11-27(35)29(38)34-26(17-21-12-13-22-8-4-5-9-23(22)16-21)28(37)33-19-24(36)18-32-20-25-10-7-15-40-25/h4-5,8-9,12-13,16,24-27,32,36H,6-7,10-11,14-15,17-20H2,1-3H3,(H,33,37)(H,34,38)/t24?,25?,26-,27?/m1/s1. The van der Waals surface area contributed by atoms with E-state index in [1.165, 1.54) is 0 Å². The molecule has 218 valence electrons. The van der Waals surface area contributed by atoms with Gasteiger partial charge in [-0.05, 0) is 42.0 Å². The minimum atomic E-state index is -0.854. The lowest BCUT2D eigenvalue weighted by molar-refractivity contribution is -0.145. The van der Waals surface area contributed by atoms with Gasteiger partial charge in [0.1, 0.15) is 12.1 Å². The smallest absolute Gasteiger partial charge is 0.243 e. The van der Waals surface area contributed by atoms with Gasteiger partial charge in [-0.2, -0.15) is 0 Å². The highest BCUT2D eigenvalue weighted by Gasteiger charge is 2.39. The molecule has 2 fully saturated rings. The summed E-state index contributed by atoms with van der Waals surface area (Å²) >= 11 is 0. The summed E-state index contributed by atoms with van der Waals surface area (Å²) in [4.78, 5) is 41.5. The van der Waals surface area contributed by atoms with Crippen LogP contribution < -0.4 is 16.0 Å². The Morgan fingerprint density at radius 2 is 1.82 bits per heavy atom. The highest BCUT2D eigenvalue weighted by molar-refractivity contribution is 5.93. The second-order valence-electron chi connectivity index (χ2n) is 12.0. The van der Waals surface area contributed by atoms with Crippen LogP contribution in [0.4, 0.5) is 0 Å². The first kappa shape index (κ1) is 30.0. The van der Waals surface area contributed by atoms with Crippen molar-refractivity contribution in [3.05, 3.63) is 48.0 Å². The summed E-state index contributed by atoms with van der Waals surface area (Å²) in [5.74, 6) is -0.763. The lowest BCUT2D eigenvalue weighted by Gasteiger charge is -2.31. The molecule has 3 unspecified atom stereocenters. The number of nitrogens with zero attached hydrogens (tertiary/aromatic N) is 1. The molecule has 2 aliphatic rings. The van der Waals surface area contributed by atoms with E-state index in [4.69, 9.17) is 4.74 Å². The molecule has 4 atom stereocenters. The van der Waals surface area contributed by atoms with Crippen LogP contribution in [0, 0.1) is 5.41 Å². The van der Waals surface area contributed by atoms with Crippen LogP contribution in [-0.2, 0) is 25.5 Å². The van der Waals surface area contributed by atoms with Gasteiger partial charge in [-0.15, -0.1) is 0 Å². The number of aliphatic hydroxyl groups excluding tert-OH is 1. The fourth-order valence-electron chi connectivity index (χ4n) is 5.42. The van der Waals surface area contributed by atoms with Crippen LogP contribution in [0.2, 0.25) is 0 Å². The predicted octanol–water partition coefficient (Wildman–Crippen LogP) is 2.15. The number of amides is 3. The van der Waals surface area contributed by atoms with E-state index >= 15 is 0 Å². The van der Waals surface area contributed by atoms with E-state index in [1.807, 2.05) is 63.2 Å². The third-order valence-corrected chi connectivity index (χ3v) is 7.63. The Morgan fingerprint density at radius 3 is 2.55 bits per heavy atom. The van der Waals surface area contributed by atoms with Crippen LogP contribution in [-0.4, -0.2) is 84.8 Å². The normalized spacial score (nSPS) is 20.9. The summed E-state index contributed by atoms with van der Waals surface area (Å²) in [6.07, 6.45) is 3.05. The number of carbonyl (C=O) groups excluding carboxylic acids is 3. The Morgan fingerprint density at radius 1 is 1.05 bits per heavy atom. The van der Waals surface area contributed by atoms with Gasteiger partial charge in [0.05, 0.1) is 12.2 Å². The maximum Gasteiger partial charge on any atom is 0.243 e. The van der Waals surface area contributed by atoms with Crippen molar-refractivity contribution in [1.82, 2.24) is 20.9 Å². The van der Waals surface area contributed by atoms with E-state index in [0.29, 0.717) is 26.1 Å². The van der Waals surface area contributed by atoms with Crippen molar-refractivity contribution < 1.29 is 24.2 Å². The van der Waals surface area contributed by atoms with Crippen molar-refractivity contribution in [3.63, 3.8) is 0 Å². The summed E-state index contributed by atoms with van der Waals surface area (Å²) in [6, 6.07) is 12.5. The maximum atomic E-state index is 13.5. The van der Waals surface area contributed by atoms with E-state index < -0.39 is 23.6 Å². The van der Waals surface area contributed by atoms with Crippen molar-refractivity contribution >= 4 is 28.5 Å². The molecule has 9 heteroatoms. The molecule has 2 saturated heterocycles. The van der Waals surface area contributed by atoms with Crippen LogP contribution >= 0.6 is 0 Å². The summed E-state index contributed by atoms with van der Waals surface area (Å²) < 4.78 is 5.59. The molecule has 0 radical (unpaired) electrons. The molecule has 0 aliphatic carbocycles. The Hall–Kier alpha value is -3.01.